The molecule has 0 radical (unpaired) electrons. The number of nitrogens with zero attached hydrogens (tertiary/aromatic N) is 4. The van der Waals surface area contributed by atoms with E-state index < -0.39 is 0 Å². The molecule has 1 fully saturated rings. The summed E-state index contributed by atoms with van der Waals surface area (Å²) in [6.45, 7) is 0.409. The summed E-state index contributed by atoms with van der Waals surface area (Å²) in [4.78, 5) is 18.6. The van der Waals surface area contributed by atoms with Crippen LogP contribution in [-0.4, -0.2) is 43.9 Å². The Hall–Kier alpha value is -2.46. The van der Waals surface area contributed by atoms with Gasteiger partial charge in [-0.25, -0.2) is 4.68 Å². The van der Waals surface area contributed by atoms with Crippen LogP contribution in [0.15, 0.2) is 42.7 Å². The molecule has 4 rings (SSSR count). The van der Waals surface area contributed by atoms with Gasteiger partial charge in [0, 0.05) is 18.3 Å². The predicted octanol–water partition coefficient (Wildman–Crippen LogP) is 1.62. The largest absolute Gasteiger partial charge is 0.370 e. The summed E-state index contributed by atoms with van der Waals surface area (Å²) in [6.07, 6.45) is 4.78. The Morgan fingerprint density at radius 2 is 2.14 bits per heavy atom. The number of ketones is 1. The second kappa shape index (κ2) is 8.27. The van der Waals surface area contributed by atoms with Crippen LogP contribution in [0.2, 0.25) is 0 Å². The van der Waals surface area contributed by atoms with Crippen molar-refractivity contribution in [3.8, 4) is 10.6 Å². The highest BCUT2D eigenvalue weighted by molar-refractivity contribution is 7.17. The van der Waals surface area contributed by atoms with Gasteiger partial charge >= 0.3 is 0 Å². The molecule has 8 nitrogen and oxygen atoms in total. The van der Waals surface area contributed by atoms with Gasteiger partial charge in [-0.15, -0.1) is 16.4 Å². The number of carbonyl (C=O) groups is 1. The molecular weight excluding hydrogens is 376 g/mol. The fourth-order valence-corrected chi connectivity index (χ4v) is 4.24. The molecule has 0 bridgehead atoms. The van der Waals surface area contributed by atoms with E-state index >= 15 is 0 Å². The molecule has 9 heteroatoms. The van der Waals surface area contributed by atoms with Crippen molar-refractivity contribution in [1.29, 1.82) is 0 Å². The molecule has 0 unspecified atom stereocenters. The molecule has 28 heavy (non-hydrogen) atoms. The molecule has 1 saturated carbocycles. The van der Waals surface area contributed by atoms with Gasteiger partial charge in [0.2, 0.25) is 0 Å². The summed E-state index contributed by atoms with van der Waals surface area (Å²) < 4.78 is 7.47. The molecule has 1 aliphatic carbocycles. The number of Topliss-reactive ketones (excluding diaryl/α,β-unsaturated/α-hetero) is 1. The molecule has 3 atom stereocenters. The van der Waals surface area contributed by atoms with Crippen molar-refractivity contribution in [1.82, 2.24) is 20.0 Å². The van der Waals surface area contributed by atoms with Crippen molar-refractivity contribution >= 4 is 17.1 Å². The first-order chi connectivity index (χ1) is 13.6. The van der Waals surface area contributed by atoms with Crippen LogP contribution in [-0.2, 0) is 17.9 Å². The summed E-state index contributed by atoms with van der Waals surface area (Å²) >= 11 is 1.42. The number of nitrogens with two attached hydrogens (primary N) is 2. The maximum atomic E-state index is 12.7. The highest BCUT2D eigenvalue weighted by Gasteiger charge is 2.30. The van der Waals surface area contributed by atoms with Gasteiger partial charge in [0.15, 0.2) is 5.78 Å². The monoisotopic (exact) mass is 398 g/mol. The number of rotatable bonds is 7. The van der Waals surface area contributed by atoms with Crippen molar-refractivity contribution in [3.63, 3.8) is 0 Å². The Morgan fingerprint density at radius 1 is 1.25 bits per heavy atom. The third-order valence-corrected chi connectivity index (χ3v) is 5.97. The minimum atomic E-state index is -0.0766. The molecule has 4 N–H and O–H groups in total. The second-order valence-corrected chi connectivity index (χ2v) is 8.01. The zero-order valence-electron chi connectivity index (χ0n) is 15.3. The van der Waals surface area contributed by atoms with E-state index in [1.807, 2.05) is 30.3 Å². The first-order valence-electron chi connectivity index (χ1n) is 9.14. The zero-order chi connectivity index (χ0) is 19.5. The van der Waals surface area contributed by atoms with E-state index in [1.165, 1.54) is 11.3 Å². The molecule has 3 aromatic heterocycles. The molecule has 0 aromatic carbocycles. The van der Waals surface area contributed by atoms with Gasteiger partial charge in [-0.1, -0.05) is 11.3 Å². The van der Waals surface area contributed by atoms with E-state index in [-0.39, 0.29) is 30.5 Å². The highest BCUT2D eigenvalue weighted by Crippen LogP contribution is 2.27. The third-order valence-electron chi connectivity index (χ3n) is 4.82. The summed E-state index contributed by atoms with van der Waals surface area (Å²) in [7, 11) is 0. The van der Waals surface area contributed by atoms with Gasteiger partial charge < -0.3 is 16.2 Å². The number of thiophene rings is 1. The lowest BCUT2D eigenvalue weighted by Crippen LogP contribution is -2.31. The Balaban J connectivity index is 1.39. The number of aromatic nitrogens is 4. The van der Waals surface area contributed by atoms with Gasteiger partial charge in [0.1, 0.15) is 6.54 Å². The number of ether oxygens (including phenoxy) is 1. The lowest BCUT2D eigenvalue weighted by molar-refractivity contribution is 0.0312. The number of carbonyl (C=O) groups excluding carboxylic acids is 1. The van der Waals surface area contributed by atoms with Crippen LogP contribution in [0.3, 0.4) is 0 Å². The van der Waals surface area contributed by atoms with E-state index in [1.54, 1.807) is 17.1 Å². The summed E-state index contributed by atoms with van der Waals surface area (Å²) in [5.74, 6) is -0.0291. The first-order valence-corrected chi connectivity index (χ1v) is 9.96. The van der Waals surface area contributed by atoms with Gasteiger partial charge in [-0.2, -0.15) is 0 Å². The Morgan fingerprint density at radius 3 is 2.89 bits per heavy atom. The van der Waals surface area contributed by atoms with Gasteiger partial charge in [-0.3, -0.25) is 9.78 Å². The molecular formula is C19H22N6O2S. The average molecular weight is 398 g/mol. The van der Waals surface area contributed by atoms with Crippen LogP contribution < -0.4 is 11.5 Å². The number of hydrogen-bond acceptors (Lipinski definition) is 8. The maximum absolute atomic E-state index is 12.7. The smallest absolute Gasteiger partial charge is 0.194 e. The van der Waals surface area contributed by atoms with Crippen molar-refractivity contribution in [3.05, 3.63) is 53.3 Å². The minimum Gasteiger partial charge on any atom is -0.370 e. The standard InChI is InChI=1S/C19H22N6O2S/c20-12-7-14(21)17(8-12)27-11-13-9-23-24-25(13)10-16(26)19-5-4-18(28-19)15-3-1-2-6-22-15/h1-6,9,12,14,17H,7-8,10-11,20-21H2/t12-,14+,17+/m0/s1. The number of hydrogen-bond donors (Lipinski definition) is 2. The zero-order valence-corrected chi connectivity index (χ0v) is 16.1. The molecule has 146 valence electrons. The lowest BCUT2D eigenvalue weighted by atomic mass is 10.2. The second-order valence-electron chi connectivity index (χ2n) is 6.93. The summed E-state index contributed by atoms with van der Waals surface area (Å²) in [6, 6.07) is 9.47. The summed E-state index contributed by atoms with van der Waals surface area (Å²) in [5.41, 5.74) is 13.6. The Labute approximate surface area is 166 Å². The Kier molecular flexibility index (Phi) is 5.58. The summed E-state index contributed by atoms with van der Waals surface area (Å²) in [5, 5.41) is 7.95. The first kappa shape index (κ1) is 18.9. The third kappa shape index (κ3) is 4.17. The molecule has 0 saturated heterocycles. The Bertz CT molecular complexity index is 941. The lowest BCUT2D eigenvalue weighted by Gasteiger charge is -2.16. The van der Waals surface area contributed by atoms with Crippen molar-refractivity contribution < 1.29 is 9.53 Å². The van der Waals surface area contributed by atoms with E-state index in [0.717, 1.165) is 29.1 Å². The average Bonchev–Trinajstić information content (AvgIpc) is 3.41. The predicted molar refractivity (Wildman–Crippen MR) is 106 cm³/mol. The molecule has 3 heterocycles. The molecule has 0 spiro atoms. The maximum Gasteiger partial charge on any atom is 0.194 e. The van der Waals surface area contributed by atoms with E-state index in [0.29, 0.717) is 11.5 Å². The van der Waals surface area contributed by atoms with Crippen molar-refractivity contribution in [2.24, 2.45) is 11.5 Å². The van der Waals surface area contributed by atoms with E-state index in [9.17, 15) is 4.79 Å². The molecule has 0 aliphatic heterocycles. The fourth-order valence-electron chi connectivity index (χ4n) is 3.33. The minimum absolute atomic E-state index is 0.0291. The van der Waals surface area contributed by atoms with Gasteiger partial charge in [-0.05, 0) is 37.1 Å². The van der Waals surface area contributed by atoms with Crippen molar-refractivity contribution in [2.45, 2.75) is 44.2 Å². The van der Waals surface area contributed by atoms with E-state index in [4.69, 9.17) is 16.2 Å². The normalized spacial score (nSPS) is 21.9. The van der Waals surface area contributed by atoms with Crippen LogP contribution in [0.4, 0.5) is 0 Å². The quantitative estimate of drug-likeness (QED) is 0.580. The van der Waals surface area contributed by atoms with Crippen LogP contribution in [0.1, 0.15) is 28.2 Å². The van der Waals surface area contributed by atoms with Crippen LogP contribution >= 0.6 is 11.3 Å². The van der Waals surface area contributed by atoms with Crippen LogP contribution in [0.25, 0.3) is 10.6 Å². The van der Waals surface area contributed by atoms with Crippen molar-refractivity contribution in [2.75, 3.05) is 0 Å². The highest BCUT2D eigenvalue weighted by atomic mass is 32.1. The molecule has 0 amide bonds. The SMILES string of the molecule is N[C@H]1C[C@@H](N)[C@H](OCc2cnnn2CC(=O)c2ccc(-c3ccccn3)s2)C1. The number of pyridine rings is 1. The molecule has 3 aromatic rings. The van der Waals surface area contributed by atoms with Gasteiger partial charge in [0.25, 0.3) is 0 Å². The fraction of sp³-hybridized carbons (Fsp3) is 0.368. The topological polar surface area (TPSA) is 122 Å². The molecule has 1 aliphatic rings. The van der Waals surface area contributed by atoms with Crippen LogP contribution in [0.5, 0.6) is 0 Å². The van der Waals surface area contributed by atoms with Crippen LogP contribution in [0, 0.1) is 0 Å². The van der Waals surface area contributed by atoms with Gasteiger partial charge in [0.05, 0.1) is 40.0 Å². The van der Waals surface area contributed by atoms with E-state index in [2.05, 4.69) is 15.3 Å².